The van der Waals surface area contributed by atoms with Crippen LogP contribution in [0.15, 0.2) is 24.3 Å². The molecule has 1 aromatic rings. The summed E-state index contributed by atoms with van der Waals surface area (Å²) in [5.41, 5.74) is 0.496. The Labute approximate surface area is 86.1 Å². The maximum absolute atomic E-state index is 10.6. The monoisotopic (exact) mass is 215 g/mol. The van der Waals surface area contributed by atoms with Crippen molar-refractivity contribution in [3.63, 3.8) is 0 Å². The molecule has 3 N–H and O–H groups in total. The third-order valence-corrected chi connectivity index (χ3v) is 2.01. The van der Waals surface area contributed by atoms with Crippen LogP contribution < -0.4 is 5.32 Å². The minimum absolute atomic E-state index is 0.423. The molecule has 0 aliphatic rings. The molecular formula is C9H10ClNO3. The van der Waals surface area contributed by atoms with Gasteiger partial charge in [0.1, 0.15) is 6.04 Å². The number of carboxylic acid groups (broad SMARTS) is 1. The molecule has 0 bridgehead atoms. The Bertz CT molecular complexity index is 330. The van der Waals surface area contributed by atoms with Crippen LogP contribution in [0, 0.1) is 0 Å². The van der Waals surface area contributed by atoms with Crippen LogP contribution >= 0.6 is 11.6 Å². The van der Waals surface area contributed by atoms with Crippen LogP contribution in [0.1, 0.15) is 0 Å². The summed E-state index contributed by atoms with van der Waals surface area (Å²) in [5, 5.41) is 20.5. The highest BCUT2D eigenvalue weighted by Gasteiger charge is 2.16. The highest BCUT2D eigenvalue weighted by atomic mass is 35.5. The van der Waals surface area contributed by atoms with E-state index in [1.54, 1.807) is 24.3 Å². The highest BCUT2D eigenvalue weighted by molar-refractivity contribution is 6.33. The van der Waals surface area contributed by atoms with Crippen molar-refractivity contribution < 1.29 is 15.0 Å². The first-order chi connectivity index (χ1) is 6.65. The van der Waals surface area contributed by atoms with E-state index in [-0.39, 0.29) is 0 Å². The van der Waals surface area contributed by atoms with Gasteiger partial charge in [-0.15, -0.1) is 0 Å². The molecule has 0 saturated carbocycles. The molecule has 0 fully saturated rings. The molecule has 0 saturated heterocycles. The summed E-state index contributed by atoms with van der Waals surface area (Å²) in [6.07, 6.45) is 0. The summed E-state index contributed by atoms with van der Waals surface area (Å²) in [4.78, 5) is 10.6. The number of aliphatic carboxylic acids is 1. The van der Waals surface area contributed by atoms with E-state index in [1.165, 1.54) is 0 Å². The zero-order valence-electron chi connectivity index (χ0n) is 7.27. The molecule has 76 valence electrons. The molecule has 5 heteroatoms. The quantitative estimate of drug-likeness (QED) is 0.706. The second-order valence-corrected chi connectivity index (χ2v) is 3.10. The number of benzene rings is 1. The fourth-order valence-electron chi connectivity index (χ4n) is 0.951. The first-order valence-corrected chi connectivity index (χ1v) is 4.37. The van der Waals surface area contributed by atoms with E-state index in [0.29, 0.717) is 10.7 Å². The van der Waals surface area contributed by atoms with Gasteiger partial charge in [-0.1, -0.05) is 23.7 Å². The van der Waals surface area contributed by atoms with Gasteiger partial charge in [0, 0.05) is 0 Å². The Morgan fingerprint density at radius 2 is 2.14 bits per heavy atom. The lowest BCUT2D eigenvalue weighted by Gasteiger charge is -2.13. The molecule has 0 radical (unpaired) electrons. The molecule has 1 rings (SSSR count). The van der Waals surface area contributed by atoms with Gasteiger partial charge in [0.15, 0.2) is 0 Å². The van der Waals surface area contributed by atoms with E-state index >= 15 is 0 Å². The lowest BCUT2D eigenvalue weighted by Crippen LogP contribution is -2.32. The number of carboxylic acids is 1. The number of carbonyl (C=O) groups is 1. The van der Waals surface area contributed by atoms with Crippen LogP contribution in [-0.4, -0.2) is 28.8 Å². The predicted octanol–water partition coefficient (Wildman–Crippen LogP) is 1.20. The number of aliphatic hydroxyl groups is 1. The van der Waals surface area contributed by atoms with Crippen LogP contribution in [0.5, 0.6) is 0 Å². The van der Waals surface area contributed by atoms with Crippen molar-refractivity contribution in [1.29, 1.82) is 0 Å². The third-order valence-electron chi connectivity index (χ3n) is 1.68. The minimum Gasteiger partial charge on any atom is -0.480 e. The molecular weight excluding hydrogens is 206 g/mol. The normalized spacial score (nSPS) is 12.1. The maximum Gasteiger partial charge on any atom is 0.328 e. The van der Waals surface area contributed by atoms with Gasteiger partial charge < -0.3 is 15.5 Å². The number of para-hydroxylation sites is 1. The first-order valence-electron chi connectivity index (χ1n) is 4.00. The van der Waals surface area contributed by atoms with Crippen LogP contribution in [0.25, 0.3) is 0 Å². The van der Waals surface area contributed by atoms with Crippen molar-refractivity contribution in [3.05, 3.63) is 29.3 Å². The Morgan fingerprint density at radius 1 is 1.50 bits per heavy atom. The Morgan fingerprint density at radius 3 is 2.64 bits per heavy atom. The van der Waals surface area contributed by atoms with Gasteiger partial charge in [-0.3, -0.25) is 0 Å². The molecule has 0 amide bonds. The van der Waals surface area contributed by atoms with E-state index in [9.17, 15) is 4.79 Å². The number of hydrogen-bond acceptors (Lipinski definition) is 3. The topological polar surface area (TPSA) is 69.6 Å². The van der Waals surface area contributed by atoms with Crippen molar-refractivity contribution in [2.75, 3.05) is 11.9 Å². The molecule has 14 heavy (non-hydrogen) atoms. The lowest BCUT2D eigenvalue weighted by atomic mass is 10.2. The largest absolute Gasteiger partial charge is 0.480 e. The molecule has 0 aliphatic carbocycles. The predicted molar refractivity (Wildman–Crippen MR) is 53.6 cm³/mol. The smallest absolute Gasteiger partial charge is 0.328 e. The number of halogens is 1. The Balaban J connectivity index is 2.77. The zero-order valence-corrected chi connectivity index (χ0v) is 8.03. The van der Waals surface area contributed by atoms with Gasteiger partial charge in [-0.2, -0.15) is 0 Å². The molecule has 0 heterocycles. The van der Waals surface area contributed by atoms with Crippen LogP contribution in [-0.2, 0) is 4.79 Å². The molecule has 0 spiro atoms. The Kier molecular flexibility index (Phi) is 3.73. The Hall–Kier alpha value is -1.26. The van der Waals surface area contributed by atoms with Crippen molar-refractivity contribution in [2.24, 2.45) is 0 Å². The zero-order chi connectivity index (χ0) is 10.6. The summed E-state index contributed by atoms with van der Waals surface area (Å²) in [6.45, 7) is -0.486. The second-order valence-electron chi connectivity index (χ2n) is 2.70. The molecule has 0 aliphatic heterocycles. The highest BCUT2D eigenvalue weighted by Crippen LogP contribution is 2.21. The maximum atomic E-state index is 10.6. The van der Waals surface area contributed by atoms with Gasteiger partial charge in [-0.25, -0.2) is 4.79 Å². The van der Waals surface area contributed by atoms with E-state index in [0.717, 1.165) is 0 Å². The number of nitrogens with one attached hydrogen (secondary N) is 1. The lowest BCUT2D eigenvalue weighted by molar-refractivity contribution is -0.138. The van der Waals surface area contributed by atoms with Crippen LogP contribution in [0.3, 0.4) is 0 Å². The molecule has 4 nitrogen and oxygen atoms in total. The third kappa shape index (κ3) is 2.61. The average Bonchev–Trinajstić information content (AvgIpc) is 2.16. The van der Waals surface area contributed by atoms with Gasteiger partial charge >= 0.3 is 5.97 Å². The molecule has 1 atom stereocenters. The van der Waals surface area contributed by atoms with Gasteiger partial charge in [0.2, 0.25) is 0 Å². The van der Waals surface area contributed by atoms with Crippen molar-refractivity contribution in [3.8, 4) is 0 Å². The SMILES string of the molecule is O=C(O)[C@H](CO)Nc1ccccc1Cl. The summed E-state index contributed by atoms with van der Waals surface area (Å²) in [6, 6.07) is 5.72. The van der Waals surface area contributed by atoms with Crippen LogP contribution in [0.2, 0.25) is 5.02 Å². The fraction of sp³-hybridized carbons (Fsp3) is 0.222. The minimum atomic E-state index is -1.12. The van der Waals surface area contributed by atoms with E-state index in [1.807, 2.05) is 0 Å². The number of anilines is 1. The average molecular weight is 216 g/mol. The summed E-state index contributed by atoms with van der Waals surface area (Å²) in [5.74, 6) is -1.12. The van der Waals surface area contributed by atoms with Crippen molar-refractivity contribution in [2.45, 2.75) is 6.04 Å². The standard InChI is InChI=1S/C9H10ClNO3/c10-6-3-1-2-4-7(6)11-8(5-12)9(13)14/h1-4,8,11-12H,5H2,(H,13,14)/t8-/m0/s1. The number of rotatable bonds is 4. The number of hydrogen-bond donors (Lipinski definition) is 3. The summed E-state index contributed by atoms with van der Waals surface area (Å²) in [7, 11) is 0. The van der Waals surface area contributed by atoms with E-state index < -0.39 is 18.6 Å². The van der Waals surface area contributed by atoms with E-state index in [2.05, 4.69) is 5.32 Å². The fourth-order valence-corrected chi connectivity index (χ4v) is 1.14. The van der Waals surface area contributed by atoms with Crippen LogP contribution in [0.4, 0.5) is 5.69 Å². The van der Waals surface area contributed by atoms with Gasteiger partial charge in [-0.05, 0) is 12.1 Å². The number of aliphatic hydroxyl groups excluding tert-OH is 1. The van der Waals surface area contributed by atoms with Gasteiger partial charge in [0.25, 0.3) is 0 Å². The summed E-state index contributed by atoms with van der Waals surface area (Å²) >= 11 is 5.79. The van der Waals surface area contributed by atoms with E-state index in [4.69, 9.17) is 21.8 Å². The molecule has 0 unspecified atom stereocenters. The molecule has 0 aromatic heterocycles. The van der Waals surface area contributed by atoms with Gasteiger partial charge in [0.05, 0.1) is 17.3 Å². The van der Waals surface area contributed by atoms with Crippen molar-refractivity contribution >= 4 is 23.3 Å². The second kappa shape index (κ2) is 4.83. The summed E-state index contributed by atoms with van der Waals surface area (Å²) < 4.78 is 0. The first kappa shape index (κ1) is 10.8. The molecule has 1 aromatic carbocycles. The van der Waals surface area contributed by atoms with Crippen molar-refractivity contribution in [1.82, 2.24) is 0 Å².